The van der Waals surface area contributed by atoms with E-state index in [2.05, 4.69) is 4.98 Å². The van der Waals surface area contributed by atoms with Gasteiger partial charge in [-0.1, -0.05) is 6.07 Å². The highest BCUT2D eigenvalue weighted by molar-refractivity contribution is 5.87. The number of aliphatic carboxylic acids is 1. The zero-order chi connectivity index (χ0) is 13.5. The number of hydrogen-bond acceptors (Lipinski definition) is 4. The van der Waals surface area contributed by atoms with Gasteiger partial charge in [0.2, 0.25) is 11.8 Å². The van der Waals surface area contributed by atoms with Crippen molar-refractivity contribution in [3.8, 4) is 0 Å². The number of aromatic nitrogens is 1. The number of carboxylic acids is 1. The lowest BCUT2D eigenvalue weighted by atomic mass is 10.2. The molecule has 0 aliphatic carbocycles. The van der Waals surface area contributed by atoms with E-state index in [4.69, 9.17) is 10.8 Å². The smallest absolute Gasteiger partial charge is 0.323 e. The van der Waals surface area contributed by atoms with Crippen LogP contribution in [-0.2, 0) is 20.8 Å². The van der Waals surface area contributed by atoms with Crippen molar-refractivity contribution in [1.82, 2.24) is 9.88 Å². The molecule has 7 heteroatoms. The first-order chi connectivity index (χ1) is 8.49. The minimum Gasteiger partial charge on any atom is -0.480 e. The lowest BCUT2D eigenvalue weighted by Gasteiger charge is -2.18. The number of pyridine rings is 1. The van der Waals surface area contributed by atoms with Crippen molar-refractivity contribution in [3.05, 3.63) is 30.1 Å². The van der Waals surface area contributed by atoms with Crippen molar-refractivity contribution >= 4 is 17.8 Å². The van der Waals surface area contributed by atoms with E-state index < -0.39 is 30.9 Å². The van der Waals surface area contributed by atoms with Crippen molar-refractivity contribution in [1.29, 1.82) is 0 Å². The Hall–Kier alpha value is -2.44. The van der Waals surface area contributed by atoms with Crippen LogP contribution in [0.3, 0.4) is 0 Å². The van der Waals surface area contributed by atoms with Gasteiger partial charge in [0.1, 0.15) is 6.54 Å². The zero-order valence-electron chi connectivity index (χ0n) is 9.57. The average Bonchev–Trinajstić information content (AvgIpc) is 2.28. The minimum atomic E-state index is -1.20. The van der Waals surface area contributed by atoms with Crippen LogP contribution in [0.5, 0.6) is 0 Å². The van der Waals surface area contributed by atoms with E-state index in [1.807, 2.05) is 0 Å². The summed E-state index contributed by atoms with van der Waals surface area (Å²) in [6.07, 6.45) is 1.46. The normalized spacial score (nSPS) is 9.78. The maximum Gasteiger partial charge on any atom is 0.323 e. The molecule has 0 aliphatic rings. The number of nitrogens with two attached hydrogens (primary N) is 1. The molecule has 1 rings (SSSR count). The van der Waals surface area contributed by atoms with Crippen LogP contribution in [-0.4, -0.2) is 45.9 Å². The second kappa shape index (κ2) is 6.33. The number of carboxylic acid groups (broad SMARTS) is 1. The number of amides is 2. The molecule has 0 saturated carbocycles. The molecule has 0 aromatic carbocycles. The van der Waals surface area contributed by atoms with Gasteiger partial charge in [-0.15, -0.1) is 0 Å². The second-order valence-corrected chi connectivity index (χ2v) is 3.61. The molecule has 0 aliphatic heterocycles. The lowest BCUT2D eigenvalue weighted by Crippen LogP contribution is -2.42. The van der Waals surface area contributed by atoms with Gasteiger partial charge in [-0.05, 0) is 12.1 Å². The van der Waals surface area contributed by atoms with Gasteiger partial charge in [0.15, 0.2) is 0 Å². The van der Waals surface area contributed by atoms with Crippen LogP contribution in [0.25, 0.3) is 0 Å². The van der Waals surface area contributed by atoms with Gasteiger partial charge in [-0.2, -0.15) is 0 Å². The second-order valence-electron chi connectivity index (χ2n) is 3.61. The fraction of sp³-hybridized carbons (Fsp3) is 0.273. The van der Waals surface area contributed by atoms with Gasteiger partial charge in [0, 0.05) is 11.9 Å². The van der Waals surface area contributed by atoms with Crippen LogP contribution in [0.15, 0.2) is 24.4 Å². The fourth-order valence-corrected chi connectivity index (χ4v) is 1.35. The third-order valence-electron chi connectivity index (χ3n) is 2.08. The summed E-state index contributed by atoms with van der Waals surface area (Å²) < 4.78 is 0. The summed E-state index contributed by atoms with van der Waals surface area (Å²) in [7, 11) is 0. The van der Waals surface area contributed by atoms with Crippen LogP contribution < -0.4 is 5.73 Å². The predicted molar refractivity (Wildman–Crippen MR) is 61.4 cm³/mol. The molecule has 7 nitrogen and oxygen atoms in total. The Labute approximate surface area is 103 Å². The molecule has 0 bridgehead atoms. The van der Waals surface area contributed by atoms with E-state index in [1.54, 1.807) is 18.2 Å². The first-order valence-electron chi connectivity index (χ1n) is 5.17. The Balaban J connectivity index is 2.69. The minimum absolute atomic E-state index is 0.0681. The Kier molecular flexibility index (Phi) is 4.79. The number of nitrogens with zero attached hydrogens (tertiary/aromatic N) is 2. The van der Waals surface area contributed by atoms with Gasteiger partial charge in [-0.3, -0.25) is 19.4 Å². The number of primary amides is 1. The molecule has 0 fully saturated rings. The van der Waals surface area contributed by atoms with Crippen molar-refractivity contribution in [2.75, 3.05) is 13.1 Å². The lowest BCUT2D eigenvalue weighted by molar-refractivity contribution is -0.145. The van der Waals surface area contributed by atoms with Gasteiger partial charge >= 0.3 is 5.97 Å². The summed E-state index contributed by atoms with van der Waals surface area (Å²) in [4.78, 5) is 38.0. The largest absolute Gasteiger partial charge is 0.480 e. The predicted octanol–water partition coefficient (Wildman–Crippen LogP) is -0.977. The number of hydrogen-bond donors (Lipinski definition) is 2. The molecule has 2 amide bonds. The van der Waals surface area contributed by atoms with E-state index in [1.165, 1.54) is 6.20 Å². The summed E-state index contributed by atoms with van der Waals surface area (Å²) in [5.41, 5.74) is 5.46. The van der Waals surface area contributed by atoms with Crippen LogP contribution in [0, 0.1) is 0 Å². The zero-order valence-corrected chi connectivity index (χ0v) is 9.57. The highest BCUT2D eigenvalue weighted by Gasteiger charge is 2.19. The highest BCUT2D eigenvalue weighted by atomic mass is 16.4. The molecule has 1 aromatic rings. The molecular formula is C11H13N3O4. The Morgan fingerprint density at radius 1 is 1.28 bits per heavy atom. The number of carbonyl (C=O) groups is 3. The standard InChI is InChI=1S/C11H13N3O4/c12-9(15)6-14(7-11(17)18)10(16)5-8-3-1-2-4-13-8/h1-4H,5-7H2,(H2,12,15)(H,17,18). The SMILES string of the molecule is NC(=O)CN(CC(=O)O)C(=O)Cc1ccccn1. The molecule has 3 N–H and O–H groups in total. The molecule has 0 saturated heterocycles. The van der Waals surface area contributed by atoms with E-state index >= 15 is 0 Å². The van der Waals surface area contributed by atoms with Crippen LogP contribution >= 0.6 is 0 Å². The molecule has 0 atom stereocenters. The summed E-state index contributed by atoms with van der Waals surface area (Å²) in [5.74, 6) is -2.47. The fourth-order valence-electron chi connectivity index (χ4n) is 1.35. The maximum absolute atomic E-state index is 11.8. The van der Waals surface area contributed by atoms with Crippen LogP contribution in [0.2, 0.25) is 0 Å². The van der Waals surface area contributed by atoms with Gasteiger partial charge in [-0.25, -0.2) is 0 Å². The topological polar surface area (TPSA) is 114 Å². The summed E-state index contributed by atoms with van der Waals surface area (Å²) in [5, 5.41) is 8.65. The molecule has 0 spiro atoms. The Morgan fingerprint density at radius 3 is 2.50 bits per heavy atom. The monoisotopic (exact) mass is 251 g/mol. The third kappa shape index (κ3) is 4.60. The quantitative estimate of drug-likeness (QED) is 0.674. The molecule has 0 unspecified atom stereocenters. The molecular weight excluding hydrogens is 238 g/mol. The van der Waals surface area contributed by atoms with E-state index in [-0.39, 0.29) is 6.42 Å². The van der Waals surface area contributed by atoms with Gasteiger partial charge in [0.05, 0.1) is 13.0 Å². The van der Waals surface area contributed by atoms with Crippen LogP contribution in [0.4, 0.5) is 0 Å². The van der Waals surface area contributed by atoms with E-state index in [9.17, 15) is 14.4 Å². The summed E-state index contributed by atoms with van der Waals surface area (Å²) in [6.45, 7) is -0.980. The van der Waals surface area contributed by atoms with Crippen LogP contribution in [0.1, 0.15) is 5.69 Å². The third-order valence-corrected chi connectivity index (χ3v) is 2.08. The van der Waals surface area contributed by atoms with Crippen molar-refractivity contribution in [3.63, 3.8) is 0 Å². The van der Waals surface area contributed by atoms with Crippen molar-refractivity contribution in [2.45, 2.75) is 6.42 Å². The molecule has 18 heavy (non-hydrogen) atoms. The average molecular weight is 251 g/mol. The Bertz CT molecular complexity index is 431. The summed E-state index contributed by atoms with van der Waals surface area (Å²) >= 11 is 0. The molecule has 96 valence electrons. The maximum atomic E-state index is 11.8. The number of rotatable bonds is 6. The van der Waals surface area contributed by atoms with E-state index in [0.717, 1.165) is 4.90 Å². The first-order valence-corrected chi connectivity index (χ1v) is 5.17. The molecule has 1 heterocycles. The van der Waals surface area contributed by atoms with Gasteiger partial charge < -0.3 is 15.7 Å². The van der Waals surface area contributed by atoms with Crippen molar-refractivity contribution in [2.24, 2.45) is 5.73 Å². The van der Waals surface area contributed by atoms with Gasteiger partial charge in [0.25, 0.3) is 0 Å². The Morgan fingerprint density at radius 2 is 2.00 bits per heavy atom. The summed E-state index contributed by atoms with van der Waals surface area (Å²) in [6, 6.07) is 5.05. The van der Waals surface area contributed by atoms with Crippen molar-refractivity contribution < 1.29 is 19.5 Å². The first kappa shape index (κ1) is 13.6. The van der Waals surface area contributed by atoms with E-state index in [0.29, 0.717) is 5.69 Å². The molecule has 1 aromatic heterocycles. The number of carbonyl (C=O) groups excluding carboxylic acids is 2. The highest BCUT2D eigenvalue weighted by Crippen LogP contribution is 1.99. The molecule has 0 radical (unpaired) electrons.